The van der Waals surface area contributed by atoms with Gasteiger partial charge in [0, 0.05) is 51.9 Å². The molecule has 2 aromatic rings. The summed E-state index contributed by atoms with van der Waals surface area (Å²) in [5.41, 5.74) is 1.38. The second-order valence-electron chi connectivity index (χ2n) is 7.65. The third kappa shape index (κ3) is 3.71. The van der Waals surface area contributed by atoms with Crippen molar-refractivity contribution in [1.29, 1.82) is 0 Å². The van der Waals surface area contributed by atoms with Gasteiger partial charge in [0.05, 0.1) is 0 Å². The lowest BCUT2D eigenvalue weighted by molar-refractivity contribution is -0.130. The minimum atomic E-state index is -0.0950. The van der Waals surface area contributed by atoms with Gasteiger partial charge in [0.2, 0.25) is 5.91 Å². The standard InChI is InChI=1S/C19H25N5O2S/c1-14(25)24(12-15-4-10-27-13-15)16-11-19(16)5-8-23(9-6-19)18(26)20-17-3-7-22(2)21-17/h3-4,7,10,13,16H,5-6,8-9,11-12H2,1-2H3,(H,20,21,26). The van der Waals surface area contributed by atoms with Gasteiger partial charge in [0.1, 0.15) is 0 Å². The number of nitrogens with zero attached hydrogens (tertiary/aromatic N) is 4. The van der Waals surface area contributed by atoms with Crippen molar-refractivity contribution >= 4 is 29.1 Å². The average Bonchev–Trinajstić information content (AvgIpc) is 3.00. The predicted octanol–water partition coefficient (Wildman–Crippen LogP) is 2.92. The summed E-state index contributed by atoms with van der Waals surface area (Å²) < 4.78 is 1.67. The van der Waals surface area contributed by atoms with Crippen molar-refractivity contribution in [2.75, 3.05) is 18.4 Å². The number of aromatic nitrogens is 2. The van der Waals surface area contributed by atoms with E-state index >= 15 is 0 Å². The molecule has 2 aromatic heterocycles. The first kappa shape index (κ1) is 18.0. The normalized spacial score (nSPS) is 20.5. The fraction of sp³-hybridized carbons (Fsp3) is 0.526. The van der Waals surface area contributed by atoms with Crippen molar-refractivity contribution in [3.8, 4) is 0 Å². The summed E-state index contributed by atoms with van der Waals surface area (Å²) in [6.07, 6.45) is 4.74. The van der Waals surface area contributed by atoms with Crippen LogP contribution in [0.15, 0.2) is 29.1 Å². The molecule has 0 bridgehead atoms. The highest BCUT2D eigenvalue weighted by Gasteiger charge is 2.58. The molecule has 4 rings (SSSR count). The van der Waals surface area contributed by atoms with Crippen LogP contribution in [0, 0.1) is 5.41 Å². The Morgan fingerprint density at radius 3 is 2.74 bits per heavy atom. The van der Waals surface area contributed by atoms with Crippen LogP contribution in [-0.4, -0.2) is 50.6 Å². The molecule has 3 amide bonds. The Morgan fingerprint density at radius 1 is 1.37 bits per heavy atom. The highest BCUT2D eigenvalue weighted by atomic mass is 32.1. The van der Waals surface area contributed by atoms with Crippen LogP contribution in [0.3, 0.4) is 0 Å². The zero-order valence-corrected chi connectivity index (χ0v) is 16.5. The van der Waals surface area contributed by atoms with Crippen LogP contribution in [0.4, 0.5) is 10.6 Å². The smallest absolute Gasteiger partial charge is 0.323 e. The molecule has 1 spiro atoms. The molecule has 1 aliphatic heterocycles. The number of rotatable bonds is 4. The fourth-order valence-electron chi connectivity index (χ4n) is 4.15. The number of carbonyl (C=O) groups excluding carboxylic acids is 2. The van der Waals surface area contributed by atoms with Crippen molar-refractivity contribution in [1.82, 2.24) is 19.6 Å². The van der Waals surface area contributed by atoms with Crippen molar-refractivity contribution in [2.24, 2.45) is 12.5 Å². The van der Waals surface area contributed by atoms with Crippen molar-refractivity contribution in [2.45, 2.75) is 38.8 Å². The lowest BCUT2D eigenvalue weighted by atomic mass is 9.92. The average molecular weight is 388 g/mol. The fourth-order valence-corrected chi connectivity index (χ4v) is 4.81. The maximum absolute atomic E-state index is 12.4. The molecule has 1 unspecified atom stereocenters. The van der Waals surface area contributed by atoms with Gasteiger partial charge < -0.3 is 9.80 Å². The third-order valence-corrected chi connectivity index (χ3v) is 6.59. The van der Waals surface area contributed by atoms with Gasteiger partial charge in [-0.25, -0.2) is 4.79 Å². The lowest BCUT2D eigenvalue weighted by Crippen LogP contribution is -2.44. The Morgan fingerprint density at radius 2 is 2.15 bits per heavy atom. The molecule has 3 heterocycles. The third-order valence-electron chi connectivity index (χ3n) is 5.86. The van der Waals surface area contributed by atoms with E-state index < -0.39 is 0 Å². The van der Waals surface area contributed by atoms with Crippen LogP contribution < -0.4 is 5.32 Å². The Kier molecular flexibility index (Phi) is 4.67. The van der Waals surface area contributed by atoms with Gasteiger partial charge >= 0.3 is 6.03 Å². The number of piperidine rings is 1. The number of aryl methyl sites for hydroxylation is 1. The number of carbonyl (C=O) groups is 2. The molecular weight excluding hydrogens is 362 g/mol. The van der Waals surface area contributed by atoms with E-state index in [1.807, 2.05) is 16.8 Å². The quantitative estimate of drug-likeness (QED) is 0.877. The van der Waals surface area contributed by atoms with Gasteiger partial charge in [-0.2, -0.15) is 16.4 Å². The number of amides is 3. The Bertz CT molecular complexity index is 823. The molecule has 2 aliphatic rings. The Balaban J connectivity index is 1.33. The monoisotopic (exact) mass is 387 g/mol. The predicted molar refractivity (Wildman–Crippen MR) is 104 cm³/mol. The van der Waals surface area contributed by atoms with Gasteiger partial charge in [-0.15, -0.1) is 0 Å². The zero-order valence-electron chi connectivity index (χ0n) is 15.7. The van der Waals surface area contributed by atoms with E-state index in [0.29, 0.717) is 18.4 Å². The van der Waals surface area contributed by atoms with E-state index in [1.165, 1.54) is 5.56 Å². The maximum atomic E-state index is 12.4. The zero-order chi connectivity index (χ0) is 19.0. The van der Waals surface area contributed by atoms with Crippen molar-refractivity contribution in [3.63, 3.8) is 0 Å². The topological polar surface area (TPSA) is 70.5 Å². The van der Waals surface area contributed by atoms with Gasteiger partial charge in [0.25, 0.3) is 0 Å². The van der Waals surface area contributed by atoms with Crippen LogP contribution in [0.5, 0.6) is 0 Å². The first-order chi connectivity index (χ1) is 13.0. The number of likely N-dealkylation sites (tertiary alicyclic amines) is 1. The van der Waals surface area contributed by atoms with Gasteiger partial charge in [0.15, 0.2) is 5.82 Å². The Labute approximate surface area is 162 Å². The van der Waals surface area contributed by atoms with E-state index in [4.69, 9.17) is 0 Å². The minimum absolute atomic E-state index is 0.0950. The number of hydrogen-bond acceptors (Lipinski definition) is 4. The largest absolute Gasteiger partial charge is 0.335 e. The molecule has 1 saturated heterocycles. The van der Waals surface area contributed by atoms with Crippen molar-refractivity contribution in [3.05, 3.63) is 34.7 Å². The van der Waals surface area contributed by atoms with Crippen LogP contribution in [0.1, 0.15) is 31.7 Å². The number of anilines is 1. The molecule has 2 fully saturated rings. The van der Waals surface area contributed by atoms with Crippen molar-refractivity contribution < 1.29 is 9.59 Å². The highest BCUT2D eigenvalue weighted by molar-refractivity contribution is 7.07. The SMILES string of the molecule is CC(=O)N(Cc1ccsc1)C1CC12CCN(C(=O)Nc1ccn(C)n1)CC2. The Hall–Kier alpha value is -2.35. The number of nitrogens with one attached hydrogen (secondary N) is 1. The number of urea groups is 1. The molecule has 1 aliphatic carbocycles. The van der Waals surface area contributed by atoms with Crippen LogP contribution in [0.25, 0.3) is 0 Å². The first-order valence-electron chi connectivity index (χ1n) is 9.31. The second-order valence-corrected chi connectivity index (χ2v) is 8.43. The summed E-state index contributed by atoms with van der Waals surface area (Å²) in [7, 11) is 1.82. The van der Waals surface area contributed by atoms with E-state index in [-0.39, 0.29) is 17.4 Å². The van der Waals surface area contributed by atoms with Gasteiger partial charge in [-0.1, -0.05) is 0 Å². The molecule has 7 nitrogen and oxygen atoms in total. The lowest BCUT2D eigenvalue weighted by Gasteiger charge is -2.34. The molecule has 1 N–H and O–H groups in total. The van der Waals surface area contributed by atoms with Gasteiger partial charge in [-0.3, -0.25) is 14.8 Å². The summed E-state index contributed by atoms with van der Waals surface area (Å²) in [6, 6.07) is 4.08. The summed E-state index contributed by atoms with van der Waals surface area (Å²) in [6.45, 7) is 3.79. The minimum Gasteiger partial charge on any atom is -0.335 e. The number of hydrogen-bond donors (Lipinski definition) is 1. The highest BCUT2D eigenvalue weighted by Crippen LogP contribution is 2.57. The molecule has 8 heteroatoms. The maximum Gasteiger partial charge on any atom is 0.323 e. The van der Waals surface area contributed by atoms with E-state index in [2.05, 4.69) is 27.2 Å². The molecule has 144 valence electrons. The molecular formula is C19H25N5O2S. The van der Waals surface area contributed by atoms with E-state index in [9.17, 15) is 9.59 Å². The molecule has 1 saturated carbocycles. The van der Waals surface area contributed by atoms with E-state index in [0.717, 1.165) is 32.4 Å². The van der Waals surface area contributed by atoms with Gasteiger partial charge in [-0.05, 0) is 47.1 Å². The second kappa shape index (κ2) is 6.99. The van der Waals surface area contributed by atoms with E-state index in [1.54, 1.807) is 35.2 Å². The van der Waals surface area contributed by atoms with Crippen LogP contribution in [-0.2, 0) is 18.4 Å². The molecule has 0 aromatic carbocycles. The van der Waals surface area contributed by atoms with Crippen LogP contribution in [0.2, 0.25) is 0 Å². The molecule has 0 radical (unpaired) electrons. The molecule has 27 heavy (non-hydrogen) atoms. The summed E-state index contributed by atoms with van der Waals surface area (Å²) >= 11 is 1.66. The van der Waals surface area contributed by atoms with Crippen LogP contribution >= 0.6 is 11.3 Å². The number of thiophene rings is 1. The summed E-state index contributed by atoms with van der Waals surface area (Å²) in [5, 5.41) is 11.2. The first-order valence-corrected chi connectivity index (χ1v) is 10.2. The summed E-state index contributed by atoms with van der Waals surface area (Å²) in [4.78, 5) is 28.5. The summed E-state index contributed by atoms with van der Waals surface area (Å²) in [5.74, 6) is 0.712. The molecule has 1 atom stereocenters.